The first kappa shape index (κ1) is 14.6. The summed E-state index contributed by atoms with van der Waals surface area (Å²) in [6, 6.07) is 10.1. The number of aromatic nitrogens is 1. The first-order valence-corrected chi connectivity index (χ1v) is 7.55. The number of para-hydroxylation sites is 1. The van der Waals surface area contributed by atoms with Gasteiger partial charge in [-0.2, -0.15) is 0 Å². The molecule has 2 N–H and O–H groups in total. The number of hydrogen-bond donors (Lipinski definition) is 1. The fraction of sp³-hybridized carbons (Fsp3) is 0.316. The summed E-state index contributed by atoms with van der Waals surface area (Å²) in [4.78, 5) is 12.1. The van der Waals surface area contributed by atoms with E-state index in [0.29, 0.717) is 0 Å². The number of carbonyl (C=O) groups is 1. The summed E-state index contributed by atoms with van der Waals surface area (Å²) in [6.07, 6.45) is 4.66. The number of benzene rings is 1. The van der Waals surface area contributed by atoms with Gasteiger partial charge >= 0.3 is 0 Å². The highest BCUT2D eigenvalue weighted by Crippen LogP contribution is 2.52. The van der Waals surface area contributed by atoms with Gasteiger partial charge in [-0.05, 0) is 48.1 Å². The van der Waals surface area contributed by atoms with Crippen molar-refractivity contribution in [3.05, 3.63) is 59.9 Å². The van der Waals surface area contributed by atoms with Gasteiger partial charge < -0.3 is 10.3 Å². The Hall–Kier alpha value is -2.29. The van der Waals surface area contributed by atoms with E-state index in [9.17, 15) is 4.79 Å². The second-order valence-corrected chi connectivity index (χ2v) is 6.97. The molecule has 0 radical (unpaired) electrons. The number of hydrogen-bond acceptors (Lipinski definition) is 1. The minimum absolute atomic E-state index is 0.108. The Balaban J connectivity index is 2.32. The number of amides is 1. The van der Waals surface area contributed by atoms with Crippen molar-refractivity contribution in [3.8, 4) is 5.69 Å². The van der Waals surface area contributed by atoms with Crippen LogP contribution >= 0.6 is 0 Å². The molecule has 2 aromatic rings. The van der Waals surface area contributed by atoms with Gasteiger partial charge in [-0.3, -0.25) is 4.79 Å². The van der Waals surface area contributed by atoms with E-state index in [1.807, 2.05) is 31.2 Å². The fourth-order valence-electron chi connectivity index (χ4n) is 3.94. The normalized spacial score (nSPS) is 22.3. The molecule has 3 nitrogen and oxygen atoms in total. The minimum Gasteiger partial charge on any atom is -0.369 e. The average Bonchev–Trinajstić information content (AvgIpc) is 2.96. The summed E-state index contributed by atoms with van der Waals surface area (Å²) in [5, 5.41) is 0. The molecular formula is C19H22N2O. The number of nitrogens with two attached hydrogens (primary N) is 1. The van der Waals surface area contributed by atoms with E-state index < -0.39 is 5.41 Å². The fourth-order valence-corrected chi connectivity index (χ4v) is 3.94. The molecule has 0 aliphatic heterocycles. The molecule has 1 aromatic heterocycles. The van der Waals surface area contributed by atoms with Crippen molar-refractivity contribution in [2.45, 2.75) is 38.0 Å². The Morgan fingerprint density at radius 2 is 1.91 bits per heavy atom. The topological polar surface area (TPSA) is 48.0 Å². The Labute approximate surface area is 131 Å². The van der Waals surface area contributed by atoms with Crippen LogP contribution in [0.2, 0.25) is 0 Å². The van der Waals surface area contributed by atoms with E-state index in [1.165, 1.54) is 5.56 Å². The van der Waals surface area contributed by atoms with Crippen LogP contribution in [0.4, 0.5) is 0 Å². The summed E-state index contributed by atoms with van der Waals surface area (Å²) in [6.45, 7) is 10.3. The zero-order valence-electron chi connectivity index (χ0n) is 13.4. The highest BCUT2D eigenvalue weighted by molar-refractivity contribution is 5.89. The molecule has 0 saturated carbocycles. The maximum absolute atomic E-state index is 12.1. The monoisotopic (exact) mass is 294 g/mol. The lowest BCUT2D eigenvalue weighted by Gasteiger charge is -2.26. The molecule has 0 fully saturated rings. The van der Waals surface area contributed by atoms with Gasteiger partial charge in [-0.1, -0.05) is 38.6 Å². The van der Waals surface area contributed by atoms with Crippen LogP contribution in [-0.2, 0) is 15.6 Å². The molecule has 1 aliphatic carbocycles. The van der Waals surface area contributed by atoms with Crippen LogP contribution < -0.4 is 5.73 Å². The third kappa shape index (κ3) is 1.85. The maximum Gasteiger partial charge on any atom is 0.227 e. The van der Waals surface area contributed by atoms with Crippen LogP contribution in [-0.4, -0.2) is 10.5 Å². The van der Waals surface area contributed by atoms with E-state index in [2.05, 4.69) is 43.3 Å². The number of fused-ring (bicyclic) bond motifs is 1. The lowest BCUT2D eigenvalue weighted by atomic mass is 9.79. The lowest BCUT2D eigenvalue weighted by Crippen LogP contribution is -2.37. The molecule has 114 valence electrons. The van der Waals surface area contributed by atoms with E-state index in [1.54, 1.807) is 0 Å². The van der Waals surface area contributed by atoms with Crippen LogP contribution in [0.1, 0.15) is 44.0 Å². The second-order valence-electron chi connectivity index (χ2n) is 6.97. The van der Waals surface area contributed by atoms with Crippen molar-refractivity contribution in [1.82, 2.24) is 4.57 Å². The van der Waals surface area contributed by atoms with Crippen molar-refractivity contribution in [2.75, 3.05) is 0 Å². The average molecular weight is 294 g/mol. The Bertz CT molecular complexity index is 755. The molecule has 1 unspecified atom stereocenters. The molecule has 1 aromatic carbocycles. The number of primary amides is 1. The highest BCUT2D eigenvalue weighted by Gasteiger charge is 2.50. The quantitative estimate of drug-likeness (QED) is 0.924. The van der Waals surface area contributed by atoms with Crippen LogP contribution in [0.15, 0.2) is 43.1 Å². The second kappa shape index (κ2) is 4.60. The summed E-state index contributed by atoms with van der Waals surface area (Å²) >= 11 is 0. The van der Waals surface area contributed by atoms with Crippen LogP contribution in [0.25, 0.3) is 11.8 Å². The number of carbonyl (C=O) groups excluding carboxylic acids is 1. The third-order valence-corrected chi connectivity index (χ3v) is 4.88. The Morgan fingerprint density at radius 1 is 1.27 bits per heavy atom. The SMILES string of the molecule is C=Cc1c2c(cn1-c1ccccc1)C(C)(C(N)=O)CC2(C)C. The molecule has 1 amide bonds. The molecule has 1 aliphatic rings. The van der Waals surface area contributed by atoms with Crippen molar-refractivity contribution in [3.63, 3.8) is 0 Å². The Kier molecular flexibility index (Phi) is 3.06. The van der Waals surface area contributed by atoms with Gasteiger partial charge in [0.15, 0.2) is 0 Å². The van der Waals surface area contributed by atoms with Gasteiger partial charge in [0.25, 0.3) is 0 Å². The number of rotatable bonds is 3. The summed E-state index contributed by atoms with van der Waals surface area (Å²) in [5.41, 5.74) is 9.33. The first-order valence-electron chi connectivity index (χ1n) is 7.55. The van der Waals surface area contributed by atoms with Gasteiger partial charge in [0.2, 0.25) is 5.91 Å². The molecule has 0 saturated heterocycles. The third-order valence-electron chi connectivity index (χ3n) is 4.88. The van der Waals surface area contributed by atoms with E-state index in [4.69, 9.17) is 5.73 Å². The van der Waals surface area contributed by atoms with E-state index in [0.717, 1.165) is 23.4 Å². The molecular weight excluding hydrogens is 272 g/mol. The van der Waals surface area contributed by atoms with E-state index >= 15 is 0 Å². The summed E-state index contributed by atoms with van der Waals surface area (Å²) < 4.78 is 2.11. The van der Waals surface area contributed by atoms with Gasteiger partial charge in [0.1, 0.15) is 0 Å². The van der Waals surface area contributed by atoms with Gasteiger partial charge in [0, 0.05) is 17.6 Å². The van der Waals surface area contributed by atoms with Crippen LogP contribution in [0.5, 0.6) is 0 Å². The van der Waals surface area contributed by atoms with Gasteiger partial charge in [0.05, 0.1) is 5.41 Å². The van der Waals surface area contributed by atoms with Crippen molar-refractivity contribution >= 4 is 12.0 Å². The predicted molar refractivity (Wildman–Crippen MR) is 90.0 cm³/mol. The standard InChI is InChI=1S/C19H22N2O/c1-5-15-16-14(11-21(15)13-9-7-6-8-10-13)19(4,17(20)22)12-18(16,2)3/h5-11H,1,12H2,2-4H3,(H2,20,22). The zero-order chi connectivity index (χ0) is 16.1. The summed E-state index contributed by atoms with van der Waals surface area (Å²) in [5.74, 6) is -0.264. The smallest absolute Gasteiger partial charge is 0.227 e. The maximum atomic E-state index is 12.1. The predicted octanol–water partition coefficient (Wildman–Crippen LogP) is 3.54. The molecule has 3 rings (SSSR count). The molecule has 1 heterocycles. The molecule has 1 atom stereocenters. The van der Waals surface area contributed by atoms with Crippen LogP contribution in [0.3, 0.4) is 0 Å². The van der Waals surface area contributed by atoms with Crippen molar-refractivity contribution in [1.29, 1.82) is 0 Å². The summed E-state index contributed by atoms with van der Waals surface area (Å²) in [7, 11) is 0. The Morgan fingerprint density at radius 3 is 2.45 bits per heavy atom. The largest absolute Gasteiger partial charge is 0.369 e. The minimum atomic E-state index is -0.628. The molecule has 0 bridgehead atoms. The number of nitrogens with zero attached hydrogens (tertiary/aromatic N) is 1. The highest BCUT2D eigenvalue weighted by atomic mass is 16.1. The van der Waals surface area contributed by atoms with Gasteiger partial charge in [-0.15, -0.1) is 0 Å². The van der Waals surface area contributed by atoms with E-state index in [-0.39, 0.29) is 11.3 Å². The molecule has 22 heavy (non-hydrogen) atoms. The van der Waals surface area contributed by atoms with Gasteiger partial charge in [-0.25, -0.2) is 0 Å². The molecule has 3 heteroatoms. The van der Waals surface area contributed by atoms with Crippen LogP contribution in [0, 0.1) is 0 Å². The first-order chi connectivity index (χ1) is 10.3. The molecule has 0 spiro atoms. The lowest BCUT2D eigenvalue weighted by molar-refractivity contribution is -0.123. The van der Waals surface area contributed by atoms with Crippen molar-refractivity contribution in [2.24, 2.45) is 5.73 Å². The van der Waals surface area contributed by atoms with Crippen molar-refractivity contribution < 1.29 is 4.79 Å². The zero-order valence-corrected chi connectivity index (χ0v) is 13.4.